The summed E-state index contributed by atoms with van der Waals surface area (Å²) in [7, 11) is 0. The molecule has 0 bridgehead atoms. The standard InChI is InChI=1S/C13H19NO3/c15-13(16)5-4-12-3-1-2-7-14(12)9-11-6-8-17-10-11/h6,8,10,12H,1-5,7,9H2,(H,15,16). The highest BCUT2D eigenvalue weighted by Crippen LogP contribution is 2.23. The van der Waals surface area contributed by atoms with Gasteiger partial charge in [0.15, 0.2) is 0 Å². The Morgan fingerprint density at radius 3 is 3.12 bits per heavy atom. The average Bonchev–Trinajstić information content (AvgIpc) is 2.80. The van der Waals surface area contributed by atoms with Crippen molar-refractivity contribution in [3.63, 3.8) is 0 Å². The molecule has 0 radical (unpaired) electrons. The van der Waals surface area contributed by atoms with E-state index in [2.05, 4.69) is 4.90 Å². The first-order valence-corrected chi connectivity index (χ1v) is 6.22. The first-order chi connectivity index (χ1) is 8.25. The molecule has 1 saturated heterocycles. The van der Waals surface area contributed by atoms with Crippen LogP contribution in [0.25, 0.3) is 0 Å². The number of rotatable bonds is 5. The molecule has 1 N–H and O–H groups in total. The van der Waals surface area contributed by atoms with Gasteiger partial charge in [-0.05, 0) is 31.9 Å². The molecule has 1 unspecified atom stereocenters. The summed E-state index contributed by atoms with van der Waals surface area (Å²) in [6.45, 7) is 1.94. The number of hydrogen-bond acceptors (Lipinski definition) is 3. The van der Waals surface area contributed by atoms with E-state index in [1.54, 1.807) is 12.5 Å². The molecule has 0 saturated carbocycles. The van der Waals surface area contributed by atoms with Crippen molar-refractivity contribution in [2.24, 2.45) is 0 Å². The highest BCUT2D eigenvalue weighted by Gasteiger charge is 2.23. The zero-order chi connectivity index (χ0) is 12.1. The topological polar surface area (TPSA) is 53.7 Å². The number of nitrogens with zero attached hydrogens (tertiary/aromatic N) is 1. The lowest BCUT2D eigenvalue weighted by molar-refractivity contribution is -0.137. The van der Waals surface area contributed by atoms with Gasteiger partial charge in [0.1, 0.15) is 0 Å². The monoisotopic (exact) mass is 237 g/mol. The van der Waals surface area contributed by atoms with Crippen LogP contribution in [-0.2, 0) is 11.3 Å². The van der Waals surface area contributed by atoms with Crippen molar-refractivity contribution in [2.75, 3.05) is 6.54 Å². The Balaban J connectivity index is 1.89. The first kappa shape index (κ1) is 12.2. The van der Waals surface area contributed by atoms with Gasteiger partial charge in [-0.15, -0.1) is 0 Å². The van der Waals surface area contributed by atoms with Crippen molar-refractivity contribution in [3.8, 4) is 0 Å². The molecule has 4 heteroatoms. The Bertz CT molecular complexity index is 348. The van der Waals surface area contributed by atoms with Crippen LogP contribution in [0.4, 0.5) is 0 Å². The molecule has 2 rings (SSSR count). The van der Waals surface area contributed by atoms with E-state index in [0.29, 0.717) is 6.04 Å². The zero-order valence-electron chi connectivity index (χ0n) is 9.97. The Hall–Kier alpha value is -1.29. The summed E-state index contributed by atoms with van der Waals surface area (Å²) in [5.41, 5.74) is 1.17. The number of hydrogen-bond donors (Lipinski definition) is 1. The van der Waals surface area contributed by atoms with Crippen molar-refractivity contribution in [1.29, 1.82) is 0 Å². The number of piperidine rings is 1. The van der Waals surface area contributed by atoms with Crippen LogP contribution in [0, 0.1) is 0 Å². The maximum absolute atomic E-state index is 10.6. The minimum Gasteiger partial charge on any atom is -0.481 e. The predicted octanol–water partition coefficient (Wildman–Crippen LogP) is 2.50. The molecule has 1 atom stereocenters. The predicted molar refractivity (Wildman–Crippen MR) is 63.6 cm³/mol. The lowest BCUT2D eigenvalue weighted by atomic mass is 9.97. The fourth-order valence-corrected chi connectivity index (χ4v) is 2.50. The molecule has 17 heavy (non-hydrogen) atoms. The zero-order valence-corrected chi connectivity index (χ0v) is 9.97. The fraction of sp³-hybridized carbons (Fsp3) is 0.615. The second-order valence-corrected chi connectivity index (χ2v) is 4.68. The second-order valence-electron chi connectivity index (χ2n) is 4.68. The minimum atomic E-state index is -0.696. The van der Waals surface area contributed by atoms with Gasteiger partial charge in [-0.25, -0.2) is 0 Å². The van der Waals surface area contributed by atoms with Gasteiger partial charge in [0.05, 0.1) is 12.5 Å². The van der Waals surface area contributed by atoms with Crippen molar-refractivity contribution >= 4 is 5.97 Å². The third-order valence-corrected chi connectivity index (χ3v) is 3.41. The molecule has 1 aliphatic heterocycles. The summed E-state index contributed by atoms with van der Waals surface area (Å²) in [4.78, 5) is 13.0. The van der Waals surface area contributed by atoms with E-state index in [0.717, 1.165) is 25.9 Å². The van der Waals surface area contributed by atoms with Gasteiger partial charge in [0, 0.05) is 24.6 Å². The third-order valence-electron chi connectivity index (χ3n) is 3.41. The van der Waals surface area contributed by atoms with Crippen molar-refractivity contribution in [2.45, 2.75) is 44.7 Å². The van der Waals surface area contributed by atoms with Crippen LogP contribution in [0.2, 0.25) is 0 Å². The Labute approximate surface area is 101 Å². The normalized spacial score (nSPS) is 21.5. The summed E-state index contributed by atoms with van der Waals surface area (Å²) < 4.78 is 5.07. The highest BCUT2D eigenvalue weighted by molar-refractivity contribution is 5.66. The summed E-state index contributed by atoms with van der Waals surface area (Å²) in [5.74, 6) is -0.696. The smallest absolute Gasteiger partial charge is 0.303 e. The molecular weight excluding hydrogens is 218 g/mol. The van der Waals surface area contributed by atoms with E-state index in [9.17, 15) is 4.79 Å². The van der Waals surface area contributed by atoms with E-state index in [4.69, 9.17) is 9.52 Å². The summed E-state index contributed by atoms with van der Waals surface area (Å²) in [6, 6.07) is 2.39. The van der Waals surface area contributed by atoms with Gasteiger partial charge >= 0.3 is 5.97 Å². The number of furan rings is 1. The van der Waals surface area contributed by atoms with Crippen LogP contribution in [0.3, 0.4) is 0 Å². The molecule has 94 valence electrons. The van der Waals surface area contributed by atoms with Gasteiger partial charge in [-0.3, -0.25) is 9.69 Å². The van der Waals surface area contributed by atoms with Crippen LogP contribution in [0.1, 0.15) is 37.7 Å². The third kappa shape index (κ3) is 3.60. The molecule has 0 aliphatic carbocycles. The number of carboxylic acids is 1. The van der Waals surface area contributed by atoms with Crippen LogP contribution < -0.4 is 0 Å². The minimum absolute atomic E-state index is 0.270. The van der Waals surface area contributed by atoms with Gasteiger partial charge in [-0.2, -0.15) is 0 Å². The number of carbonyl (C=O) groups is 1. The highest BCUT2D eigenvalue weighted by atomic mass is 16.4. The summed E-state index contributed by atoms with van der Waals surface area (Å²) >= 11 is 0. The molecule has 0 aromatic carbocycles. The van der Waals surface area contributed by atoms with Crippen LogP contribution in [0.15, 0.2) is 23.0 Å². The number of aliphatic carboxylic acids is 1. The van der Waals surface area contributed by atoms with Crippen LogP contribution in [-0.4, -0.2) is 28.6 Å². The van der Waals surface area contributed by atoms with E-state index >= 15 is 0 Å². The quantitative estimate of drug-likeness (QED) is 0.854. The molecule has 1 aromatic rings. The van der Waals surface area contributed by atoms with E-state index < -0.39 is 5.97 Å². The van der Waals surface area contributed by atoms with Crippen LogP contribution >= 0.6 is 0 Å². The summed E-state index contributed by atoms with van der Waals surface area (Å²) in [5, 5.41) is 8.75. The van der Waals surface area contributed by atoms with Gasteiger partial charge in [0.2, 0.25) is 0 Å². The molecule has 1 aliphatic rings. The Kier molecular flexibility index (Phi) is 4.20. The molecular formula is C13H19NO3. The van der Waals surface area contributed by atoms with Gasteiger partial charge in [0.25, 0.3) is 0 Å². The lowest BCUT2D eigenvalue weighted by Crippen LogP contribution is -2.39. The number of carboxylic acid groups (broad SMARTS) is 1. The molecule has 0 spiro atoms. The molecule has 1 fully saturated rings. The maximum atomic E-state index is 10.6. The fourth-order valence-electron chi connectivity index (χ4n) is 2.50. The van der Waals surface area contributed by atoms with Gasteiger partial charge < -0.3 is 9.52 Å². The lowest BCUT2D eigenvalue weighted by Gasteiger charge is -2.35. The van der Waals surface area contributed by atoms with Crippen molar-refractivity contribution in [3.05, 3.63) is 24.2 Å². The number of likely N-dealkylation sites (tertiary alicyclic amines) is 1. The van der Waals surface area contributed by atoms with Crippen LogP contribution in [0.5, 0.6) is 0 Å². The van der Waals surface area contributed by atoms with E-state index in [1.807, 2.05) is 6.07 Å². The summed E-state index contributed by atoms with van der Waals surface area (Å²) in [6.07, 6.45) is 8.02. The SMILES string of the molecule is O=C(O)CCC1CCCCN1Cc1ccoc1. The van der Waals surface area contributed by atoms with Crippen molar-refractivity contribution < 1.29 is 14.3 Å². The molecule has 1 aromatic heterocycles. The van der Waals surface area contributed by atoms with Gasteiger partial charge in [-0.1, -0.05) is 6.42 Å². The van der Waals surface area contributed by atoms with Crippen molar-refractivity contribution in [1.82, 2.24) is 4.90 Å². The molecule has 4 nitrogen and oxygen atoms in total. The largest absolute Gasteiger partial charge is 0.481 e. The van der Waals surface area contributed by atoms with E-state index in [1.165, 1.54) is 18.4 Å². The maximum Gasteiger partial charge on any atom is 0.303 e. The first-order valence-electron chi connectivity index (χ1n) is 6.22. The Morgan fingerprint density at radius 2 is 2.41 bits per heavy atom. The molecule has 0 amide bonds. The van der Waals surface area contributed by atoms with E-state index in [-0.39, 0.29) is 6.42 Å². The average molecular weight is 237 g/mol. The second kappa shape index (κ2) is 5.87. The Morgan fingerprint density at radius 1 is 1.53 bits per heavy atom. The molecule has 2 heterocycles.